The normalized spacial score (nSPS) is 21.1. The molecule has 100 valence electrons. The van der Waals surface area contributed by atoms with Crippen molar-refractivity contribution in [2.45, 2.75) is 31.5 Å². The zero-order valence-corrected chi connectivity index (χ0v) is 9.82. The summed E-state index contributed by atoms with van der Waals surface area (Å²) >= 11 is 0. The summed E-state index contributed by atoms with van der Waals surface area (Å²) in [4.78, 5) is 5.75. The van der Waals surface area contributed by atoms with Crippen LogP contribution in [0.3, 0.4) is 0 Å². The number of anilines is 1. The Morgan fingerprint density at radius 2 is 2.17 bits per heavy atom. The van der Waals surface area contributed by atoms with Crippen LogP contribution in [0.25, 0.3) is 0 Å². The third-order valence-electron chi connectivity index (χ3n) is 3.20. The van der Waals surface area contributed by atoms with Gasteiger partial charge in [-0.15, -0.1) is 0 Å². The van der Waals surface area contributed by atoms with Gasteiger partial charge in [-0.2, -0.15) is 13.2 Å². The highest BCUT2D eigenvalue weighted by atomic mass is 19.4. The van der Waals surface area contributed by atoms with Gasteiger partial charge in [0.25, 0.3) is 0 Å². The van der Waals surface area contributed by atoms with E-state index in [1.807, 2.05) is 0 Å². The highest BCUT2D eigenvalue weighted by Crippen LogP contribution is 2.32. The first kappa shape index (κ1) is 13.1. The van der Waals surface area contributed by atoms with E-state index in [1.165, 1.54) is 6.20 Å². The fraction of sp³-hybridized carbons (Fsp3) is 0.583. The van der Waals surface area contributed by atoms with Gasteiger partial charge < -0.3 is 10.0 Å². The van der Waals surface area contributed by atoms with Crippen LogP contribution < -0.4 is 4.90 Å². The highest BCUT2D eigenvalue weighted by molar-refractivity contribution is 5.43. The number of aliphatic hydroxyl groups excluding tert-OH is 1. The minimum Gasteiger partial charge on any atom is -0.394 e. The van der Waals surface area contributed by atoms with Gasteiger partial charge in [-0.1, -0.05) is 0 Å². The van der Waals surface area contributed by atoms with Gasteiger partial charge in [0.15, 0.2) is 0 Å². The number of halogens is 3. The van der Waals surface area contributed by atoms with Gasteiger partial charge in [0.1, 0.15) is 5.82 Å². The lowest BCUT2D eigenvalue weighted by atomic mass is 10.0. The van der Waals surface area contributed by atoms with Crippen molar-refractivity contribution in [1.29, 1.82) is 0 Å². The molecule has 1 N–H and O–H groups in total. The van der Waals surface area contributed by atoms with Gasteiger partial charge in [-0.05, 0) is 31.4 Å². The molecule has 0 aliphatic carbocycles. The number of hydrogen-bond donors (Lipinski definition) is 1. The van der Waals surface area contributed by atoms with E-state index in [2.05, 4.69) is 4.98 Å². The first-order valence-electron chi connectivity index (χ1n) is 5.93. The summed E-state index contributed by atoms with van der Waals surface area (Å²) in [6.07, 6.45) is -0.507. The SMILES string of the molecule is OCC1CCCCN1c1cc(C(F)(F)F)ccn1. The molecule has 0 spiro atoms. The summed E-state index contributed by atoms with van der Waals surface area (Å²) in [5, 5.41) is 9.26. The summed E-state index contributed by atoms with van der Waals surface area (Å²) in [6, 6.07) is 1.88. The molecule has 1 aromatic rings. The Bertz CT molecular complexity index is 409. The lowest BCUT2D eigenvalue weighted by Gasteiger charge is -2.35. The van der Waals surface area contributed by atoms with E-state index >= 15 is 0 Å². The molecule has 1 atom stereocenters. The van der Waals surface area contributed by atoms with Gasteiger partial charge in [-0.3, -0.25) is 0 Å². The summed E-state index contributed by atoms with van der Waals surface area (Å²) in [5.74, 6) is 0.295. The molecule has 0 aromatic carbocycles. The molecule has 0 amide bonds. The molecule has 18 heavy (non-hydrogen) atoms. The predicted molar refractivity (Wildman–Crippen MR) is 61.3 cm³/mol. The number of piperidine rings is 1. The molecular formula is C12H15F3N2O. The standard InChI is InChI=1S/C12H15F3N2O/c13-12(14,15)9-4-5-16-11(7-9)17-6-2-1-3-10(17)8-18/h4-5,7,10,18H,1-3,6,8H2. The van der Waals surface area contributed by atoms with Crippen LogP contribution in [0, 0.1) is 0 Å². The number of aromatic nitrogens is 1. The number of alkyl halides is 3. The van der Waals surface area contributed by atoms with Gasteiger partial charge in [0.05, 0.1) is 18.2 Å². The molecule has 0 radical (unpaired) electrons. The first-order chi connectivity index (χ1) is 8.52. The van der Waals surface area contributed by atoms with E-state index in [0.29, 0.717) is 12.4 Å². The summed E-state index contributed by atoms with van der Waals surface area (Å²) in [7, 11) is 0. The van der Waals surface area contributed by atoms with Crippen LogP contribution >= 0.6 is 0 Å². The third-order valence-corrected chi connectivity index (χ3v) is 3.20. The quantitative estimate of drug-likeness (QED) is 0.887. The Balaban J connectivity index is 2.27. The minimum absolute atomic E-state index is 0.0576. The largest absolute Gasteiger partial charge is 0.416 e. The van der Waals surface area contributed by atoms with Crippen molar-refractivity contribution in [2.24, 2.45) is 0 Å². The van der Waals surface area contributed by atoms with Gasteiger partial charge in [0.2, 0.25) is 0 Å². The van der Waals surface area contributed by atoms with Gasteiger partial charge in [-0.25, -0.2) is 4.98 Å². The molecule has 0 bridgehead atoms. The molecule has 1 saturated heterocycles. The van der Waals surface area contributed by atoms with Gasteiger partial charge in [0, 0.05) is 12.7 Å². The van der Waals surface area contributed by atoms with E-state index < -0.39 is 11.7 Å². The molecule has 3 nitrogen and oxygen atoms in total. The number of aliphatic hydroxyl groups is 1. The van der Waals surface area contributed by atoms with Crippen LogP contribution in [-0.4, -0.2) is 29.3 Å². The molecule has 6 heteroatoms. The average Bonchev–Trinajstić information content (AvgIpc) is 2.38. The molecular weight excluding hydrogens is 245 g/mol. The van der Waals surface area contributed by atoms with Crippen LogP contribution in [0.5, 0.6) is 0 Å². The Kier molecular flexibility index (Phi) is 3.75. The Hall–Kier alpha value is -1.30. The van der Waals surface area contributed by atoms with Crippen molar-refractivity contribution in [3.63, 3.8) is 0 Å². The van der Waals surface area contributed by atoms with E-state index in [9.17, 15) is 18.3 Å². The second-order valence-electron chi connectivity index (χ2n) is 4.43. The molecule has 2 rings (SSSR count). The van der Waals surface area contributed by atoms with Crippen molar-refractivity contribution in [3.05, 3.63) is 23.9 Å². The lowest BCUT2D eigenvalue weighted by molar-refractivity contribution is -0.137. The van der Waals surface area contributed by atoms with E-state index in [-0.39, 0.29) is 12.6 Å². The average molecular weight is 260 g/mol. The number of nitrogens with zero attached hydrogens (tertiary/aromatic N) is 2. The maximum atomic E-state index is 12.6. The van der Waals surface area contributed by atoms with E-state index in [1.54, 1.807) is 4.90 Å². The van der Waals surface area contributed by atoms with E-state index in [4.69, 9.17) is 0 Å². The zero-order chi connectivity index (χ0) is 13.2. The molecule has 1 aliphatic heterocycles. The van der Waals surface area contributed by atoms with Crippen LogP contribution in [0.2, 0.25) is 0 Å². The second kappa shape index (κ2) is 5.14. The Morgan fingerprint density at radius 3 is 2.83 bits per heavy atom. The fourth-order valence-electron chi connectivity index (χ4n) is 2.24. The molecule has 2 heterocycles. The highest BCUT2D eigenvalue weighted by Gasteiger charge is 2.32. The van der Waals surface area contributed by atoms with Crippen molar-refractivity contribution >= 4 is 5.82 Å². The zero-order valence-electron chi connectivity index (χ0n) is 9.82. The summed E-state index contributed by atoms with van der Waals surface area (Å²) in [5.41, 5.74) is -0.699. The molecule has 1 unspecified atom stereocenters. The van der Waals surface area contributed by atoms with Crippen LogP contribution in [0.15, 0.2) is 18.3 Å². The third kappa shape index (κ3) is 2.75. The van der Waals surface area contributed by atoms with Crippen molar-refractivity contribution < 1.29 is 18.3 Å². The van der Waals surface area contributed by atoms with Crippen LogP contribution in [0.1, 0.15) is 24.8 Å². The second-order valence-corrected chi connectivity index (χ2v) is 4.43. The van der Waals surface area contributed by atoms with Crippen molar-refractivity contribution in [2.75, 3.05) is 18.1 Å². The number of hydrogen-bond acceptors (Lipinski definition) is 3. The van der Waals surface area contributed by atoms with E-state index in [0.717, 1.165) is 31.4 Å². The molecule has 1 aromatic heterocycles. The molecule has 1 fully saturated rings. The lowest BCUT2D eigenvalue weighted by Crippen LogP contribution is -2.42. The predicted octanol–water partition coefficient (Wildman–Crippen LogP) is 2.45. The molecule has 0 saturated carbocycles. The maximum Gasteiger partial charge on any atom is 0.416 e. The number of rotatable bonds is 2. The Morgan fingerprint density at radius 1 is 1.39 bits per heavy atom. The topological polar surface area (TPSA) is 36.4 Å². The van der Waals surface area contributed by atoms with Crippen LogP contribution in [-0.2, 0) is 6.18 Å². The maximum absolute atomic E-state index is 12.6. The summed E-state index contributed by atoms with van der Waals surface area (Å²) in [6.45, 7) is 0.581. The van der Waals surface area contributed by atoms with Crippen molar-refractivity contribution in [3.8, 4) is 0 Å². The van der Waals surface area contributed by atoms with Crippen LogP contribution in [0.4, 0.5) is 19.0 Å². The minimum atomic E-state index is -4.36. The molecule has 1 aliphatic rings. The smallest absolute Gasteiger partial charge is 0.394 e. The monoisotopic (exact) mass is 260 g/mol. The van der Waals surface area contributed by atoms with Crippen molar-refractivity contribution in [1.82, 2.24) is 4.98 Å². The van der Waals surface area contributed by atoms with Gasteiger partial charge >= 0.3 is 6.18 Å². The first-order valence-corrected chi connectivity index (χ1v) is 5.93. The number of pyridine rings is 1. The summed E-state index contributed by atoms with van der Waals surface area (Å²) < 4.78 is 37.9. The Labute approximate surface area is 103 Å². The fourth-order valence-corrected chi connectivity index (χ4v) is 2.24.